The van der Waals surface area contributed by atoms with Gasteiger partial charge in [0.05, 0.1) is 0 Å². The normalized spacial score (nSPS) is 40.5. The second-order valence-corrected chi connectivity index (χ2v) is 4.06. The number of hydrogen-bond donors (Lipinski definition) is 1. The van der Waals surface area contributed by atoms with E-state index in [9.17, 15) is 8.78 Å². The Kier molecular flexibility index (Phi) is 2.07. The van der Waals surface area contributed by atoms with Gasteiger partial charge in [0.15, 0.2) is 0 Å². The number of piperidine rings is 1. The van der Waals surface area contributed by atoms with E-state index in [1.807, 2.05) is 0 Å². The topological polar surface area (TPSA) is 12.0 Å². The minimum absolute atomic E-state index is 0.0845. The minimum Gasteiger partial charge on any atom is -0.314 e. The molecule has 1 heterocycles. The average molecular weight is 175 g/mol. The molecule has 2 atom stereocenters. The van der Waals surface area contributed by atoms with Crippen molar-refractivity contribution in [2.45, 2.75) is 44.1 Å². The molecule has 0 radical (unpaired) electrons. The third kappa shape index (κ3) is 1.60. The van der Waals surface area contributed by atoms with E-state index >= 15 is 0 Å². The Labute approximate surface area is 71.5 Å². The molecule has 0 spiro atoms. The van der Waals surface area contributed by atoms with Crippen LogP contribution >= 0.6 is 0 Å². The van der Waals surface area contributed by atoms with Crippen LogP contribution in [0.25, 0.3) is 0 Å². The molecule has 2 aliphatic rings. The standard InChI is InChI=1S/C9H15F2N/c10-9(11)4-3-8-7(6-9)2-1-5-12-8/h7-8,12H,1-6H2. The molecule has 1 saturated carbocycles. The molecule has 12 heavy (non-hydrogen) atoms. The van der Waals surface area contributed by atoms with E-state index in [-0.39, 0.29) is 18.8 Å². The molecular weight excluding hydrogens is 160 g/mol. The predicted octanol–water partition coefficient (Wildman–Crippen LogP) is 2.17. The van der Waals surface area contributed by atoms with E-state index < -0.39 is 5.92 Å². The van der Waals surface area contributed by atoms with Gasteiger partial charge in [-0.1, -0.05) is 0 Å². The SMILES string of the molecule is FC1(F)CCC2NCCCC2C1. The van der Waals surface area contributed by atoms with Crippen LogP contribution in [0.4, 0.5) is 8.78 Å². The molecule has 2 rings (SSSR count). The lowest BCUT2D eigenvalue weighted by atomic mass is 9.78. The summed E-state index contributed by atoms with van der Waals surface area (Å²) in [6.45, 7) is 1.02. The van der Waals surface area contributed by atoms with Crippen LogP contribution in [-0.4, -0.2) is 18.5 Å². The summed E-state index contributed by atoms with van der Waals surface area (Å²) in [6, 6.07) is 0.387. The summed E-state index contributed by atoms with van der Waals surface area (Å²) < 4.78 is 25.9. The third-order valence-electron chi connectivity index (χ3n) is 3.11. The molecule has 0 aromatic heterocycles. The van der Waals surface area contributed by atoms with E-state index in [2.05, 4.69) is 5.32 Å². The number of hydrogen-bond acceptors (Lipinski definition) is 1. The Balaban J connectivity index is 1.99. The molecule has 1 nitrogen and oxygen atoms in total. The Morgan fingerprint density at radius 3 is 2.92 bits per heavy atom. The van der Waals surface area contributed by atoms with Crippen LogP contribution in [0.2, 0.25) is 0 Å². The second-order valence-electron chi connectivity index (χ2n) is 4.06. The fourth-order valence-electron chi connectivity index (χ4n) is 2.45. The summed E-state index contributed by atoms with van der Waals surface area (Å²) in [6.07, 6.45) is 2.92. The largest absolute Gasteiger partial charge is 0.314 e. The van der Waals surface area contributed by atoms with E-state index in [1.165, 1.54) is 0 Å². The van der Waals surface area contributed by atoms with E-state index in [0.29, 0.717) is 12.5 Å². The van der Waals surface area contributed by atoms with Gasteiger partial charge < -0.3 is 5.32 Å². The van der Waals surface area contributed by atoms with Crippen molar-refractivity contribution in [3.63, 3.8) is 0 Å². The van der Waals surface area contributed by atoms with Crippen molar-refractivity contribution in [2.75, 3.05) is 6.54 Å². The zero-order valence-electron chi connectivity index (χ0n) is 7.15. The van der Waals surface area contributed by atoms with Gasteiger partial charge in [0.2, 0.25) is 5.92 Å². The lowest BCUT2D eigenvalue weighted by Crippen LogP contribution is -2.47. The van der Waals surface area contributed by atoms with Gasteiger partial charge in [-0.3, -0.25) is 0 Å². The van der Waals surface area contributed by atoms with Crippen molar-refractivity contribution in [1.29, 1.82) is 0 Å². The lowest BCUT2D eigenvalue weighted by Gasteiger charge is -2.39. The molecule has 1 aliphatic heterocycles. The van der Waals surface area contributed by atoms with Crippen molar-refractivity contribution in [2.24, 2.45) is 5.92 Å². The first kappa shape index (κ1) is 8.42. The number of halogens is 2. The van der Waals surface area contributed by atoms with Crippen LogP contribution in [0.1, 0.15) is 32.1 Å². The molecule has 2 unspecified atom stereocenters. The first-order chi connectivity index (χ1) is 5.67. The van der Waals surface area contributed by atoms with Crippen molar-refractivity contribution >= 4 is 0 Å². The maximum Gasteiger partial charge on any atom is 0.248 e. The van der Waals surface area contributed by atoms with Crippen molar-refractivity contribution < 1.29 is 8.78 Å². The van der Waals surface area contributed by atoms with Gasteiger partial charge in [-0.25, -0.2) is 8.78 Å². The van der Waals surface area contributed by atoms with Gasteiger partial charge in [0.25, 0.3) is 0 Å². The highest BCUT2D eigenvalue weighted by molar-refractivity contribution is 4.90. The zero-order valence-corrected chi connectivity index (χ0v) is 7.15. The summed E-state index contributed by atoms with van der Waals surface area (Å²) in [4.78, 5) is 0. The lowest BCUT2D eigenvalue weighted by molar-refractivity contribution is -0.0670. The quantitative estimate of drug-likeness (QED) is 0.595. The zero-order chi connectivity index (χ0) is 8.60. The second kappa shape index (κ2) is 2.95. The van der Waals surface area contributed by atoms with Crippen molar-refractivity contribution in [3.8, 4) is 0 Å². The first-order valence-electron chi connectivity index (χ1n) is 4.79. The maximum atomic E-state index is 12.9. The maximum absolute atomic E-state index is 12.9. The predicted molar refractivity (Wildman–Crippen MR) is 43.3 cm³/mol. The summed E-state index contributed by atoms with van der Waals surface area (Å²) in [7, 11) is 0. The van der Waals surface area contributed by atoms with Crippen molar-refractivity contribution in [3.05, 3.63) is 0 Å². The molecular formula is C9H15F2N. The molecule has 1 N–H and O–H groups in total. The monoisotopic (exact) mass is 175 g/mol. The third-order valence-corrected chi connectivity index (χ3v) is 3.11. The van der Waals surface area contributed by atoms with Gasteiger partial charge in [-0.15, -0.1) is 0 Å². The Bertz CT molecular complexity index is 170. The molecule has 0 aromatic carbocycles. The average Bonchev–Trinajstić information content (AvgIpc) is 2.02. The van der Waals surface area contributed by atoms with Crippen LogP contribution in [0.15, 0.2) is 0 Å². The first-order valence-corrected chi connectivity index (χ1v) is 4.79. The smallest absolute Gasteiger partial charge is 0.248 e. The molecule has 1 saturated heterocycles. The number of nitrogens with one attached hydrogen (secondary N) is 1. The van der Waals surface area contributed by atoms with Crippen LogP contribution in [0.3, 0.4) is 0 Å². The molecule has 3 heteroatoms. The highest BCUT2D eigenvalue weighted by atomic mass is 19.3. The summed E-state index contributed by atoms with van der Waals surface area (Å²) in [5.74, 6) is -2.14. The summed E-state index contributed by atoms with van der Waals surface area (Å²) in [5.41, 5.74) is 0. The highest BCUT2D eigenvalue weighted by Crippen LogP contribution is 2.39. The number of fused-ring (bicyclic) bond motifs is 1. The van der Waals surface area contributed by atoms with Gasteiger partial charge in [0.1, 0.15) is 0 Å². The molecule has 0 aromatic rings. The van der Waals surface area contributed by atoms with Crippen molar-refractivity contribution in [1.82, 2.24) is 5.32 Å². The Morgan fingerprint density at radius 1 is 1.25 bits per heavy atom. The highest BCUT2D eigenvalue weighted by Gasteiger charge is 2.41. The number of rotatable bonds is 0. The van der Waals surface area contributed by atoms with Gasteiger partial charge in [0, 0.05) is 18.9 Å². The van der Waals surface area contributed by atoms with Crippen LogP contribution < -0.4 is 5.32 Å². The molecule has 1 aliphatic carbocycles. The Hall–Kier alpha value is -0.180. The molecule has 0 amide bonds. The summed E-state index contributed by atoms with van der Waals surface area (Å²) >= 11 is 0. The van der Waals surface area contributed by atoms with Crippen LogP contribution in [-0.2, 0) is 0 Å². The Morgan fingerprint density at radius 2 is 2.08 bits per heavy atom. The van der Waals surface area contributed by atoms with Gasteiger partial charge in [-0.05, 0) is 31.7 Å². The fourth-order valence-corrected chi connectivity index (χ4v) is 2.45. The van der Waals surface area contributed by atoms with Crippen LogP contribution in [0.5, 0.6) is 0 Å². The molecule has 70 valence electrons. The fraction of sp³-hybridized carbons (Fsp3) is 1.00. The summed E-state index contributed by atoms with van der Waals surface area (Å²) in [5, 5.41) is 3.33. The van der Waals surface area contributed by atoms with E-state index in [4.69, 9.17) is 0 Å². The minimum atomic E-state index is -2.37. The van der Waals surface area contributed by atoms with Gasteiger partial charge >= 0.3 is 0 Å². The number of alkyl halides is 2. The molecule has 2 fully saturated rings. The van der Waals surface area contributed by atoms with E-state index in [1.54, 1.807) is 0 Å². The van der Waals surface area contributed by atoms with Crippen LogP contribution in [0, 0.1) is 5.92 Å². The molecule has 0 bridgehead atoms. The van der Waals surface area contributed by atoms with Gasteiger partial charge in [-0.2, -0.15) is 0 Å². The van der Waals surface area contributed by atoms with E-state index in [0.717, 1.165) is 19.4 Å².